The van der Waals surface area contributed by atoms with Crippen LogP contribution in [0.5, 0.6) is 0 Å². The molecule has 1 aliphatic rings. The van der Waals surface area contributed by atoms with Gasteiger partial charge in [-0.3, -0.25) is 4.79 Å². The Kier molecular flexibility index (Phi) is 4.17. The summed E-state index contributed by atoms with van der Waals surface area (Å²) in [4.78, 5) is 23.7. The number of nitrogens with one attached hydrogen (secondary N) is 1. The SMILES string of the molecule is CCOC(=O)C1=C(C)NC(=O)C[C@@H]1c1ccc(F)cc1. The van der Waals surface area contributed by atoms with Crippen molar-refractivity contribution in [2.24, 2.45) is 0 Å². The summed E-state index contributed by atoms with van der Waals surface area (Å²) in [5, 5.41) is 2.65. The summed E-state index contributed by atoms with van der Waals surface area (Å²) >= 11 is 0. The molecule has 0 aromatic heterocycles. The summed E-state index contributed by atoms with van der Waals surface area (Å²) in [7, 11) is 0. The number of halogens is 1. The maximum Gasteiger partial charge on any atom is 0.336 e. The Hall–Kier alpha value is -2.17. The van der Waals surface area contributed by atoms with Gasteiger partial charge < -0.3 is 10.1 Å². The summed E-state index contributed by atoms with van der Waals surface area (Å²) in [6.45, 7) is 3.65. The molecule has 0 unspecified atom stereocenters. The zero-order chi connectivity index (χ0) is 14.7. The number of hydrogen-bond donors (Lipinski definition) is 1. The molecule has 1 atom stereocenters. The number of esters is 1. The van der Waals surface area contributed by atoms with E-state index in [0.717, 1.165) is 5.56 Å². The predicted octanol–water partition coefficient (Wildman–Crippen LogP) is 2.27. The van der Waals surface area contributed by atoms with Crippen molar-refractivity contribution >= 4 is 11.9 Å². The number of allylic oxidation sites excluding steroid dienone is 1. The molecule has 2 rings (SSSR count). The molecule has 0 saturated heterocycles. The molecular weight excluding hydrogens is 261 g/mol. The second-order valence-electron chi connectivity index (χ2n) is 4.62. The van der Waals surface area contributed by atoms with Crippen LogP contribution in [0.4, 0.5) is 4.39 Å². The number of hydrogen-bond acceptors (Lipinski definition) is 3. The van der Waals surface area contributed by atoms with Crippen LogP contribution in [0, 0.1) is 5.82 Å². The van der Waals surface area contributed by atoms with Crippen LogP contribution in [-0.4, -0.2) is 18.5 Å². The maximum absolute atomic E-state index is 13.0. The lowest BCUT2D eigenvalue weighted by molar-refractivity contribution is -0.139. The molecule has 1 amide bonds. The second-order valence-corrected chi connectivity index (χ2v) is 4.62. The zero-order valence-corrected chi connectivity index (χ0v) is 11.4. The van der Waals surface area contributed by atoms with Gasteiger partial charge in [-0.15, -0.1) is 0 Å². The summed E-state index contributed by atoms with van der Waals surface area (Å²) in [6.07, 6.45) is 0.150. The van der Waals surface area contributed by atoms with Gasteiger partial charge in [0.05, 0.1) is 12.2 Å². The Balaban J connectivity index is 2.41. The van der Waals surface area contributed by atoms with Crippen LogP contribution in [0.1, 0.15) is 31.7 Å². The van der Waals surface area contributed by atoms with Gasteiger partial charge >= 0.3 is 5.97 Å². The fraction of sp³-hybridized carbons (Fsp3) is 0.333. The van der Waals surface area contributed by atoms with Crippen molar-refractivity contribution in [1.29, 1.82) is 0 Å². The summed E-state index contributed by atoms with van der Waals surface area (Å²) in [6, 6.07) is 5.82. The molecule has 0 fully saturated rings. The topological polar surface area (TPSA) is 55.4 Å². The Morgan fingerprint density at radius 3 is 2.65 bits per heavy atom. The van der Waals surface area contributed by atoms with Crippen LogP contribution in [0.15, 0.2) is 35.5 Å². The van der Waals surface area contributed by atoms with E-state index in [9.17, 15) is 14.0 Å². The molecule has 0 radical (unpaired) electrons. The van der Waals surface area contributed by atoms with E-state index in [1.54, 1.807) is 26.0 Å². The lowest BCUT2D eigenvalue weighted by Gasteiger charge is -2.26. The Labute approximate surface area is 116 Å². The highest BCUT2D eigenvalue weighted by Crippen LogP contribution is 2.33. The van der Waals surface area contributed by atoms with E-state index in [4.69, 9.17) is 4.74 Å². The van der Waals surface area contributed by atoms with E-state index < -0.39 is 11.9 Å². The quantitative estimate of drug-likeness (QED) is 0.862. The summed E-state index contributed by atoms with van der Waals surface area (Å²) < 4.78 is 18.0. The van der Waals surface area contributed by atoms with E-state index in [2.05, 4.69) is 5.32 Å². The Morgan fingerprint density at radius 2 is 2.05 bits per heavy atom. The van der Waals surface area contributed by atoms with E-state index >= 15 is 0 Å². The standard InChI is InChI=1S/C15H16FNO3/c1-3-20-15(19)14-9(2)17-13(18)8-12(14)10-4-6-11(16)7-5-10/h4-7,12H,3,8H2,1-2H3,(H,17,18)/t12-/m1/s1. The van der Waals surface area contributed by atoms with E-state index in [-0.39, 0.29) is 24.8 Å². The summed E-state index contributed by atoms with van der Waals surface area (Å²) in [5.41, 5.74) is 1.65. The number of amides is 1. The van der Waals surface area contributed by atoms with Crippen molar-refractivity contribution in [2.45, 2.75) is 26.2 Å². The highest BCUT2D eigenvalue weighted by Gasteiger charge is 2.32. The van der Waals surface area contributed by atoms with Gasteiger partial charge in [0.15, 0.2) is 0 Å². The smallest absolute Gasteiger partial charge is 0.336 e. The van der Waals surface area contributed by atoms with Crippen molar-refractivity contribution in [3.05, 3.63) is 46.9 Å². The lowest BCUT2D eigenvalue weighted by Crippen LogP contribution is -2.34. The van der Waals surface area contributed by atoms with Crippen LogP contribution >= 0.6 is 0 Å². The highest BCUT2D eigenvalue weighted by atomic mass is 19.1. The third-order valence-electron chi connectivity index (χ3n) is 3.24. The predicted molar refractivity (Wildman–Crippen MR) is 71.2 cm³/mol. The average Bonchev–Trinajstić information content (AvgIpc) is 2.38. The maximum atomic E-state index is 13.0. The van der Waals surface area contributed by atoms with Gasteiger partial charge in [-0.1, -0.05) is 12.1 Å². The zero-order valence-electron chi connectivity index (χ0n) is 11.4. The molecule has 0 aliphatic carbocycles. The van der Waals surface area contributed by atoms with E-state index in [1.165, 1.54) is 12.1 Å². The molecule has 1 heterocycles. The Morgan fingerprint density at radius 1 is 1.40 bits per heavy atom. The fourth-order valence-electron chi connectivity index (χ4n) is 2.36. The first kappa shape index (κ1) is 14.2. The molecule has 1 aromatic carbocycles. The van der Waals surface area contributed by atoms with Crippen molar-refractivity contribution < 1.29 is 18.7 Å². The van der Waals surface area contributed by atoms with Crippen molar-refractivity contribution in [1.82, 2.24) is 5.32 Å². The number of carbonyl (C=O) groups is 2. The van der Waals surface area contributed by atoms with Gasteiger partial charge in [-0.25, -0.2) is 9.18 Å². The second kappa shape index (κ2) is 5.86. The minimum atomic E-state index is -0.445. The number of rotatable bonds is 3. The van der Waals surface area contributed by atoms with Crippen molar-refractivity contribution in [2.75, 3.05) is 6.61 Å². The van der Waals surface area contributed by atoms with E-state index in [1.807, 2.05) is 0 Å². The molecule has 1 aliphatic heterocycles. The minimum Gasteiger partial charge on any atom is -0.463 e. The van der Waals surface area contributed by atoms with Crippen molar-refractivity contribution in [3.8, 4) is 0 Å². The molecule has 1 N–H and O–H groups in total. The van der Waals surface area contributed by atoms with Gasteiger partial charge in [-0.2, -0.15) is 0 Å². The van der Waals surface area contributed by atoms with Gasteiger partial charge in [0.1, 0.15) is 5.82 Å². The summed E-state index contributed by atoms with van der Waals surface area (Å²) in [5.74, 6) is -1.36. The largest absolute Gasteiger partial charge is 0.463 e. The molecular formula is C15H16FNO3. The highest BCUT2D eigenvalue weighted by molar-refractivity contribution is 5.95. The van der Waals surface area contributed by atoms with Gasteiger partial charge in [-0.05, 0) is 31.5 Å². The van der Waals surface area contributed by atoms with Crippen LogP contribution in [0.25, 0.3) is 0 Å². The first-order valence-corrected chi connectivity index (χ1v) is 6.46. The number of ether oxygens (including phenoxy) is 1. The minimum absolute atomic E-state index is 0.150. The molecule has 0 spiro atoms. The number of benzene rings is 1. The number of carbonyl (C=O) groups excluding carboxylic acids is 2. The van der Waals surface area contributed by atoms with Crippen LogP contribution in [0.2, 0.25) is 0 Å². The third-order valence-corrected chi connectivity index (χ3v) is 3.24. The van der Waals surface area contributed by atoms with Crippen LogP contribution < -0.4 is 5.32 Å². The van der Waals surface area contributed by atoms with Gasteiger partial charge in [0, 0.05) is 18.0 Å². The molecule has 0 bridgehead atoms. The molecule has 5 heteroatoms. The third kappa shape index (κ3) is 2.87. The normalized spacial score (nSPS) is 18.8. The van der Waals surface area contributed by atoms with Gasteiger partial charge in [0.2, 0.25) is 5.91 Å². The van der Waals surface area contributed by atoms with Crippen LogP contribution in [0.3, 0.4) is 0 Å². The first-order chi connectivity index (χ1) is 9.52. The lowest BCUT2D eigenvalue weighted by atomic mass is 9.84. The fourth-order valence-corrected chi connectivity index (χ4v) is 2.36. The first-order valence-electron chi connectivity index (χ1n) is 6.46. The molecule has 0 saturated carbocycles. The molecule has 1 aromatic rings. The van der Waals surface area contributed by atoms with Gasteiger partial charge in [0.25, 0.3) is 0 Å². The van der Waals surface area contributed by atoms with Crippen LogP contribution in [-0.2, 0) is 14.3 Å². The van der Waals surface area contributed by atoms with E-state index in [0.29, 0.717) is 11.3 Å². The Bertz CT molecular complexity index is 563. The molecule has 106 valence electrons. The monoisotopic (exact) mass is 277 g/mol. The molecule has 20 heavy (non-hydrogen) atoms. The van der Waals surface area contributed by atoms with Crippen molar-refractivity contribution in [3.63, 3.8) is 0 Å². The molecule has 4 nitrogen and oxygen atoms in total. The average molecular weight is 277 g/mol.